The van der Waals surface area contributed by atoms with E-state index in [9.17, 15) is 5.21 Å². The van der Waals surface area contributed by atoms with Crippen LogP contribution in [0.1, 0.15) is 0 Å². The van der Waals surface area contributed by atoms with E-state index in [0.29, 0.717) is 0 Å². The molecule has 1 N–H and O–H groups in total. The third-order valence-corrected chi connectivity index (χ3v) is 0.689. The number of quaternary nitrogens is 1. The molecule has 1 aliphatic rings. The fourth-order valence-electron chi connectivity index (χ4n) is 0.394. The molecule has 1 heterocycles. The molecular formula is C3H6N3O+. The monoisotopic (exact) mass is 100 g/mol. The van der Waals surface area contributed by atoms with Crippen molar-refractivity contribution in [3.05, 3.63) is 17.6 Å². The van der Waals surface area contributed by atoms with Gasteiger partial charge in [0.25, 0.3) is 6.20 Å². The highest BCUT2D eigenvalue weighted by atomic mass is 16.5. The second-order valence-electron chi connectivity index (χ2n) is 1.33. The summed E-state index contributed by atoms with van der Waals surface area (Å²) in [6, 6.07) is 0. The highest BCUT2D eigenvalue weighted by Gasteiger charge is 2.05. The van der Waals surface area contributed by atoms with Crippen molar-refractivity contribution in [1.29, 1.82) is 0 Å². The molecule has 0 fully saturated rings. The predicted molar refractivity (Wildman–Crippen MR) is 22.1 cm³/mol. The first-order valence-electron chi connectivity index (χ1n) is 1.96. The Balaban J connectivity index is 2.69. The molecule has 0 spiro atoms. The van der Waals surface area contributed by atoms with Crippen LogP contribution in [0.15, 0.2) is 17.6 Å². The van der Waals surface area contributed by atoms with Gasteiger partial charge in [0.1, 0.15) is 0 Å². The summed E-state index contributed by atoms with van der Waals surface area (Å²) in [6.45, 7) is 0. The summed E-state index contributed by atoms with van der Waals surface area (Å²) in [5.74, 6) is 0. The summed E-state index contributed by atoms with van der Waals surface area (Å²) >= 11 is 0. The van der Waals surface area contributed by atoms with Crippen LogP contribution in [-0.2, 0) is 0 Å². The molecular weight excluding hydrogens is 94.1 g/mol. The molecule has 0 aliphatic carbocycles. The highest BCUT2D eigenvalue weighted by molar-refractivity contribution is 4.55. The molecule has 4 heteroatoms. The lowest BCUT2D eigenvalue weighted by atomic mass is 10.9. The van der Waals surface area contributed by atoms with Crippen molar-refractivity contribution >= 4 is 0 Å². The van der Waals surface area contributed by atoms with E-state index in [1.165, 1.54) is 10.9 Å². The topological polar surface area (TPSA) is 42.9 Å². The Morgan fingerprint density at radius 1 is 1.86 bits per heavy atom. The predicted octanol–water partition coefficient (Wildman–Crippen LogP) is -1.14. The van der Waals surface area contributed by atoms with Crippen LogP contribution in [-0.4, -0.2) is 11.7 Å². The van der Waals surface area contributed by atoms with E-state index < -0.39 is 0 Å². The van der Waals surface area contributed by atoms with Gasteiger partial charge in [-0.05, 0) is 4.70 Å². The van der Waals surface area contributed by atoms with Crippen LogP contribution in [0.2, 0.25) is 0 Å². The second-order valence-corrected chi connectivity index (χ2v) is 1.33. The van der Waals surface area contributed by atoms with E-state index in [4.69, 9.17) is 0 Å². The van der Waals surface area contributed by atoms with E-state index >= 15 is 0 Å². The Labute approximate surface area is 40.9 Å². The van der Waals surface area contributed by atoms with Crippen molar-refractivity contribution in [2.45, 2.75) is 0 Å². The van der Waals surface area contributed by atoms with Gasteiger partial charge >= 0.3 is 0 Å². The van der Waals surface area contributed by atoms with Crippen LogP contribution in [0.3, 0.4) is 0 Å². The standard InChI is InChI=1S/C3H6N3O/c1-5-2-3-6(7)4-5/h2-3,6H,1H3/q+1. The molecule has 38 valence electrons. The molecule has 0 aromatic carbocycles. The first kappa shape index (κ1) is 4.42. The van der Waals surface area contributed by atoms with Gasteiger partial charge in [-0.15, -0.1) is 0 Å². The van der Waals surface area contributed by atoms with Crippen LogP contribution in [0.5, 0.6) is 0 Å². The number of nitrogens with zero attached hydrogens (tertiary/aromatic N) is 2. The van der Waals surface area contributed by atoms with Gasteiger partial charge in [0.2, 0.25) is 0 Å². The van der Waals surface area contributed by atoms with Crippen LogP contribution < -0.4 is 5.17 Å². The van der Waals surface area contributed by atoms with Gasteiger partial charge < -0.3 is 5.21 Å². The first-order chi connectivity index (χ1) is 3.29. The van der Waals surface area contributed by atoms with Gasteiger partial charge in [0.05, 0.1) is 0 Å². The molecule has 0 amide bonds. The minimum atomic E-state index is -0.178. The summed E-state index contributed by atoms with van der Waals surface area (Å²) < 4.78 is 1.47. The van der Waals surface area contributed by atoms with Crippen LogP contribution in [0.4, 0.5) is 0 Å². The van der Waals surface area contributed by atoms with Crippen molar-refractivity contribution in [1.82, 2.24) is 0 Å². The Kier molecular flexibility index (Phi) is 0.883. The molecule has 4 nitrogen and oxygen atoms in total. The van der Waals surface area contributed by atoms with E-state index in [1.54, 1.807) is 13.2 Å². The maximum atomic E-state index is 10.2. The summed E-state index contributed by atoms with van der Waals surface area (Å²) in [7, 11) is 1.71. The smallest absolute Gasteiger partial charge is 0.256 e. The lowest BCUT2D eigenvalue weighted by molar-refractivity contribution is -0.848. The van der Waals surface area contributed by atoms with Crippen molar-refractivity contribution in [2.24, 2.45) is 5.22 Å². The number of hydrogen-bond donors (Lipinski definition) is 1. The molecule has 1 rings (SSSR count). The zero-order valence-corrected chi connectivity index (χ0v) is 3.96. The third kappa shape index (κ3) is 0.819. The summed E-state index contributed by atoms with van der Waals surface area (Å²) in [5, 5.41) is 13.5. The first-order valence-corrected chi connectivity index (χ1v) is 1.96. The molecule has 7 heavy (non-hydrogen) atoms. The fraction of sp³-hybridized carbons (Fsp3) is 0.333. The van der Waals surface area contributed by atoms with Gasteiger partial charge in [-0.2, -0.15) is 5.17 Å². The second kappa shape index (κ2) is 1.40. The lowest BCUT2D eigenvalue weighted by Crippen LogP contribution is -2.95. The van der Waals surface area contributed by atoms with E-state index in [0.717, 1.165) is 0 Å². The molecule has 0 saturated carbocycles. The molecule has 0 aromatic heterocycles. The number of hydrogen-bond acceptors (Lipinski definition) is 2. The largest absolute Gasteiger partial charge is 0.597 e. The number of nitrogens with one attached hydrogen (secondary N) is 1. The van der Waals surface area contributed by atoms with E-state index in [1.807, 2.05) is 0 Å². The molecule has 0 bridgehead atoms. The normalized spacial score (nSPS) is 28.3. The van der Waals surface area contributed by atoms with Crippen LogP contribution in [0, 0.1) is 5.21 Å². The number of hydroxylamine groups is 1. The number of rotatable bonds is 0. The van der Waals surface area contributed by atoms with Crippen molar-refractivity contribution < 1.29 is 9.87 Å². The summed E-state index contributed by atoms with van der Waals surface area (Å²) in [5.41, 5.74) is 0. The quantitative estimate of drug-likeness (QED) is 0.303. The van der Waals surface area contributed by atoms with Gasteiger partial charge in [-0.25, -0.2) is 0 Å². The zero-order valence-electron chi connectivity index (χ0n) is 3.96. The zero-order chi connectivity index (χ0) is 5.28. The summed E-state index contributed by atoms with van der Waals surface area (Å²) in [4.78, 5) is 0. The third-order valence-electron chi connectivity index (χ3n) is 0.689. The van der Waals surface area contributed by atoms with Gasteiger partial charge in [-0.1, -0.05) is 0 Å². The SMILES string of the molecule is C[N+]1=N[NH+]([O-])C=C1. The maximum absolute atomic E-state index is 10.2. The molecule has 1 aliphatic heterocycles. The van der Waals surface area contributed by atoms with Crippen molar-refractivity contribution in [3.63, 3.8) is 0 Å². The lowest BCUT2D eigenvalue weighted by Gasteiger charge is -1.94. The molecule has 0 saturated heterocycles. The molecule has 0 radical (unpaired) electrons. The fourth-order valence-corrected chi connectivity index (χ4v) is 0.394. The van der Waals surface area contributed by atoms with Crippen molar-refractivity contribution in [2.75, 3.05) is 7.05 Å². The Bertz CT molecular complexity index is 128. The van der Waals surface area contributed by atoms with Gasteiger partial charge in [-0.3, -0.25) is 0 Å². The van der Waals surface area contributed by atoms with E-state index in [2.05, 4.69) is 5.22 Å². The van der Waals surface area contributed by atoms with Crippen LogP contribution >= 0.6 is 0 Å². The highest BCUT2D eigenvalue weighted by Crippen LogP contribution is 1.72. The molecule has 0 aromatic rings. The van der Waals surface area contributed by atoms with Gasteiger partial charge in [0.15, 0.2) is 18.5 Å². The Morgan fingerprint density at radius 3 is 2.71 bits per heavy atom. The minimum absolute atomic E-state index is 0.178. The van der Waals surface area contributed by atoms with Crippen LogP contribution in [0.25, 0.3) is 0 Å². The minimum Gasteiger partial charge on any atom is -0.597 e. The van der Waals surface area contributed by atoms with Crippen molar-refractivity contribution in [3.8, 4) is 0 Å². The van der Waals surface area contributed by atoms with Gasteiger partial charge in [0, 0.05) is 0 Å². The maximum Gasteiger partial charge on any atom is 0.256 e. The Morgan fingerprint density at radius 2 is 2.57 bits per heavy atom. The molecule has 1 atom stereocenters. The average molecular weight is 100 g/mol. The van der Waals surface area contributed by atoms with E-state index in [-0.39, 0.29) is 5.17 Å². The summed E-state index contributed by atoms with van der Waals surface area (Å²) in [6.07, 6.45) is 3.03. The molecule has 1 unspecified atom stereocenters. The Hall–Kier alpha value is -0.740. The average Bonchev–Trinajstić information content (AvgIpc) is 1.87.